The fourth-order valence-corrected chi connectivity index (χ4v) is 6.47. The number of phenolic OH excluding ortho intramolecular Hbond substituents is 1. The third kappa shape index (κ3) is 3.41. The molecule has 4 fully saturated rings. The van der Waals surface area contributed by atoms with Crippen LogP contribution in [0.2, 0.25) is 0 Å². The van der Waals surface area contributed by atoms with E-state index in [9.17, 15) is 5.11 Å². The molecule has 4 aliphatic rings. The second kappa shape index (κ2) is 7.81. The molecule has 1 aromatic carbocycles. The maximum absolute atomic E-state index is 9.93. The zero-order valence-electron chi connectivity index (χ0n) is 19.2. The van der Waals surface area contributed by atoms with Crippen LogP contribution in [0, 0.1) is 0 Å². The van der Waals surface area contributed by atoms with Gasteiger partial charge in [0.2, 0.25) is 5.89 Å². The average Bonchev–Trinajstić information content (AvgIpc) is 3.60. The van der Waals surface area contributed by atoms with Crippen LogP contribution in [0.5, 0.6) is 11.8 Å². The molecule has 0 amide bonds. The zero-order chi connectivity index (χ0) is 22.7. The molecule has 34 heavy (non-hydrogen) atoms. The summed E-state index contributed by atoms with van der Waals surface area (Å²) in [5, 5.41) is 13.6. The topological polar surface area (TPSA) is 99.8 Å². The van der Waals surface area contributed by atoms with Gasteiger partial charge in [0.15, 0.2) is 11.3 Å². The van der Waals surface area contributed by atoms with Gasteiger partial charge in [0.1, 0.15) is 12.4 Å². The van der Waals surface area contributed by atoms with Crippen molar-refractivity contribution < 1.29 is 14.3 Å². The number of rotatable bonds is 5. The molecule has 9 heteroatoms. The molecule has 6 heterocycles. The van der Waals surface area contributed by atoms with E-state index >= 15 is 0 Å². The van der Waals surface area contributed by atoms with Gasteiger partial charge in [-0.05, 0) is 69.8 Å². The van der Waals surface area contributed by atoms with E-state index in [0.717, 1.165) is 32.0 Å². The highest BCUT2D eigenvalue weighted by Crippen LogP contribution is 2.39. The van der Waals surface area contributed by atoms with E-state index in [4.69, 9.17) is 19.1 Å². The molecule has 0 spiro atoms. The highest BCUT2D eigenvalue weighted by molar-refractivity contribution is 5.84. The minimum absolute atomic E-state index is 0.126. The van der Waals surface area contributed by atoms with Crippen molar-refractivity contribution in [2.45, 2.75) is 56.1 Å². The van der Waals surface area contributed by atoms with E-state index in [-0.39, 0.29) is 11.3 Å². The highest BCUT2D eigenvalue weighted by Gasteiger charge is 2.45. The molecule has 2 atom stereocenters. The lowest BCUT2D eigenvalue weighted by Crippen LogP contribution is -2.51. The van der Waals surface area contributed by atoms with Crippen LogP contribution in [0.25, 0.3) is 22.7 Å². The third-order valence-electron chi connectivity index (χ3n) is 8.11. The van der Waals surface area contributed by atoms with Crippen LogP contribution < -0.4 is 15.0 Å². The number of nitrogens with one attached hydrogen (secondary N) is 1. The molecule has 4 aliphatic heterocycles. The van der Waals surface area contributed by atoms with Gasteiger partial charge in [-0.25, -0.2) is 4.98 Å². The zero-order valence-corrected chi connectivity index (χ0v) is 19.2. The maximum atomic E-state index is 9.93. The summed E-state index contributed by atoms with van der Waals surface area (Å²) in [5.74, 6) is 1.37. The second-order valence-electron chi connectivity index (χ2n) is 10.3. The molecule has 0 radical (unpaired) electrons. The number of nitrogens with zero attached hydrogens (tertiary/aromatic N) is 5. The predicted octanol–water partition coefficient (Wildman–Crippen LogP) is 2.94. The van der Waals surface area contributed by atoms with Crippen LogP contribution in [0.4, 0.5) is 5.82 Å². The molecular formula is C25H30N6O3. The Kier molecular flexibility index (Phi) is 4.70. The molecule has 0 aliphatic carbocycles. The van der Waals surface area contributed by atoms with Crippen molar-refractivity contribution in [3.8, 4) is 23.2 Å². The van der Waals surface area contributed by atoms with E-state index in [0.29, 0.717) is 47.4 Å². The second-order valence-corrected chi connectivity index (χ2v) is 10.3. The van der Waals surface area contributed by atoms with Gasteiger partial charge in [-0.2, -0.15) is 9.97 Å². The first-order chi connectivity index (χ1) is 16.6. The number of oxazole rings is 1. The lowest BCUT2D eigenvalue weighted by atomic mass is 9.95. The third-order valence-corrected chi connectivity index (χ3v) is 8.11. The Labute approximate surface area is 198 Å². The van der Waals surface area contributed by atoms with Crippen LogP contribution >= 0.6 is 0 Å². The van der Waals surface area contributed by atoms with E-state index in [2.05, 4.69) is 20.1 Å². The Morgan fingerprint density at radius 1 is 1.09 bits per heavy atom. The van der Waals surface area contributed by atoms with Crippen LogP contribution in [-0.4, -0.2) is 75.4 Å². The van der Waals surface area contributed by atoms with Gasteiger partial charge in [-0.3, -0.25) is 4.90 Å². The molecule has 3 aromatic rings. The van der Waals surface area contributed by atoms with Crippen molar-refractivity contribution >= 4 is 17.0 Å². The standard InChI is InChI=1S/C25H30N6O3/c32-19-5-1-4-16(12-19)22-27-20-21(30-13-17-6-7-18(14-30)26-17)28-24(29-23(20)34-22)33-15-25-8-2-10-31(25)11-3-9-25/h1,4-5,12,17-18,26,32H,2-3,6-11,13-15H2/t17-,18+. The van der Waals surface area contributed by atoms with Crippen LogP contribution in [0.3, 0.4) is 0 Å². The lowest BCUT2D eigenvalue weighted by molar-refractivity contribution is 0.107. The fourth-order valence-electron chi connectivity index (χ4n) is 6.47. The van der Waals surface area contributed by atoms with Crippen molar-refractivity contribution in [3.05, 3.63) is 24.3 Å². The van der Waals surface area contributed by atoms with Gasteiger partial charge in [-0.1, -0.05) is 6.07 Å². The largest absolute Gasteiger partial charge is 0.508 e. The average molecular weight is 463 g/mol. The minimum atomic E-state index is 0.126. The van der Waals surface area contributed by atoms with Gasteiger partial charge in [0.05, 0.1) is 5.54 Å². The summed E-state index contributed by atoms with van der Waals surface area (Å²) in [5.41, 5.74) is 1.91. The monoisotopic (exact) mass is 462 g/mol. The van der Waals surface area contributed by atoms with Gasteiger partial charge in [0.25, 0.3) is 5.71 Å². The number of fused-ring (bicyclic) bond motifs is 4. The lowest BCUT2D eigenvalue weighted by Gasteiger charge is -2.34. The summed E-state index contributed by atoms with van der Waals surface area (Å²) in [6, 6.07) is 8.23. The molecule has 2 bridgehead atoms. The number of aromatic nitrogens is 3. The van der Waals surface area contributed by atoms with Crippen LogP contribution in [-0.2, 0) is 0 Å². The Morgan fingerprint density at radius 2 is 1.88 bits per heavy atom. The number of anilines is 1. The smallest absolute Gasteiger partial charge is 0.321 e. The summed E-state index contributed by atoms with van der Waals surface area (Å²) in [6.45, 7) is 4.70. The number of phenols is 1. The van der Waals surface area contributed by atoms with Crippen LogP contribution in [0.1, 0.15) is 38.5 Å². The summed E-state index contributed by atoms with van der Waals surface area (Å²) in [6.07, 6.45) is 7.18. The highest BCUT2D eigenvalue weighted by atomic mass is 16.5. The molecule has 0 saturated carbocycles. The molecule has 0 unspecified atom stereocenters. The van der Waals surface area contributed by atoms with E-state index < -0.39 is 0 Å². The number of hydrogen-bond donors (Lipinski definition) is 2. The molecule has 2 aromatic heterocycles. The van der Waals surface area contributed by atoms with Gasteiger partial charge in [-0.15, -0.1) is 0 Å². The van der Waals surface area contributed by atoms with Crippen molar-refractivity contribution in [1.29, 1.82) is 0 Å². The Hall–Kier alpha value is -2.91. The number of aromatic hydroxyl groups is 1. The summed E-state index contributed by atoms with van der Waals surface area (Å²) in [4.78, 5) is 19.2. The fraction of sp³-hybridized carbons (Fsp3) is 0.560. The molecule has 7 rings (SSSR count). The molecule has 2 N–H and O–H groups in total. The first-order valence-electron chi connectivity index (χ1n) is 12.5. The Balaban J connectivity index is 1.26. The number of ether oxygens (including phenoxy) is 1. The molecule has 178 valence electrons. The minimum Gasteiger partial charge on any atom is -0.508 e. The summed E-state index contributed by atoms with van der Waals surface area (Å²) < 4.78 is 12.4. The first-order valence-corrected chi connectivity index (χ1v) is 12.5. The van der Waals surface area contributed by atoms with Crippen LogP contribution in [0.15, 0.2) is 28.7 Å². The van der Waals surface area contributed by atoms with E-state index in [1.807, 2.05) is 6.07 Å². The summed E-state index contributed by atoms with van der Waals surface area (Å²) >= 11 is 0. The van der Waals surface area contributed by atoms with Crippen molar-refractivity contribution in [3.63, 3.8) is 0 Å². The number of piperazine rings is 1. The Bertz CT molecular complexity index is 1210. The van der Waals surface area contributed by atoms with Gasteiger partial charge in [0, 0.05) is 30.7 Å². The maximum Gasteiger partial charge on any atom is 0.321 e. The molecular weight excluding hydrogens is 432 g/mol. The number of hydrogen-bond acceptors (Lipinski definition) is 9. The van der Waals surface area contributed by atoms with E-state index in [1.54, 1.807) is 18.2 Å². The Morgan fingerprint density at radius 3 is 2.65 bits per heavy atom. The van der Waals surface area contributed by atoms with Crippen molar-refractivity contribution in [2.75, 3.05) is 37.7 Å². The molecule has 4 saturated heterocycles. The van der Waals surface area contributed by atoms with Crippen molar-refractivity contribution in [2.24, 2.45) is 0 Å². The molecule has 9 nitrogen and oxygen atoms in total. The van der Waals surface area contributed by atoms with Gasteiger partial charge < -0.3 is 24.5 Å². The summed E-state index contributed by atoms with van der Waals surface area (Å²) in [7, 11) is 0. The first kappa shape index (κ1) is 20.5. The number of benzene rings is 1. The quantitative estimate of drug-likeness (QED) is 0.593. The SMILES string of the molecule is Oc1cccc(-c2nc3c(N4C[C@H]5CC[C@@H](C4)N5)nc(OCC45CCCN4CCC5)nc3o2)c1. The van der Waals surface area contributed by atoms with E-state index in [1.165, 1.54) is 38.5 Å². The normalized spacial score (nSPS) is 25.8. The predicted molar refractivity (Wildman–Crippen MR) is 127 cm³/mol. The van der Waals surface area contributed by atoms with Crippen molar-refractivity contribution in [1.82, 2.24) is 25.2 Å². The van der Waals surface area contributed by atoms with Gasteiger partial charge >= 0.3 is 6.01 Å².